The van der Waals surface area contributed by atoms with Crippen LogP contribution in [0.2, 0.25) is 0 Å². The van der Waals surface area contributed by atoms with Crippen LogP contribution in [0.4, 0.5) is 0 Å². The summed E-state index contributed by atoms with van der Waals surface area (Å²) in [5, 5.41) is 2.92. The number of hydrogen-bond acceptors (Lipinski definition) is 4. The Bertz CT molecular complexity index is 851. The Morgan fingerprint density at radius 2 is 2.08 bits per heavy atom. The fourth-order valence-corrected chi connectivity index (χ4v) is 2.87. The van der Waals surface area contributed by atoms with E-state index in [0.717, 1.165) is 30.5 Å². The van der Waals surface area contributed by atoms with E-state index in [2.05, 4.69) is 10.3 Å². The molecule has 0 spiro atoms. The number of ether oxygens (including phenoxy) is 1. The zero-order valence-corrected chi connectivity index (χ0v) is 13.2. The third-order valence-corrected chi connectivity index (χ3v) is 4.17. The average molecular weight is 322 g/mol. The molecule has 0 radical (unpaired) electrons. The maximum absolute atomic E-state index is 12.3. The van der Waals surface area contributed by atoms with Gasteiger partial charge in [-0.15, -0.1) is 0 Å². The molecule has 1 N–H and O–H groups in total. The van der Waals surface area contributed by atoms with E-state index in [4.69, 9.17) is 9.15 Å². The predicted molar refractivity (Wildman–Crippen MR) is 89.5 cm³/mol. The molecule has 1 atom stereocenters. The van der Waals surface area contributed by atoms with Gasteiger partial charge in [0.05, 0.1) is 0 Å². The zero-order chi connectivity index (χ0) is 16.4. The van der Waals surface area contributed by atoms with Crippen molar-refractivity contribution in [1.29, 1.82) is 0 Å². The Labute approximate surface area is 139 Å². The molecular formula is C19H18N2O3. The minimum Gasteiger partial charge on any atom is -0.438 e. The molecule has 1 saturated heterocycles. The number of fused-ring (bicyclic) bond motifs is 1. The van der Waals surface area contributed by atoms with Gasteiger partial charge in [-0.25, -0.2) is 4.98 Å². The highest BCUT2D eigenvalue weighted by Gasteiger charge is 2.23. The monoisotopic (exact) mass is 322 g/mol. The van der Waals surface area contributed by atoms with Crippen molar-refractivity contribution in [2.24, 2.45) is 0 Å². The molecule has 0 aliphatic carbocycles. The average Bonchev–Trinajstić information content (AvgIpc) is 3.28. The van der Waals surface area contributed by atoms with Crippen LogP contribution in [0.25, 0.3) is 11.1 Å². The van der Waals surface area contributed by atoms with Crippen molar-refractivity contribution in [3.63, 3.8) is 0 Å². The van der Waals surface area contributed by atoms with Crippen molar-refractivity contribution in [3.8, 4) is 0 Å². The molecule has 1 unspecified atom stereocenters. The van der Waals surface area contributed by atoms with Crippen LogP contribution in [0.15, 0.2) is 52.9 Å². The van der Waals surface area contributed by atoms with Crippen LogP contribution in [0.1, 0.15) is 40.8 Å². The second-order valence-electron chi connectivity index (χ2n) is 5.90. The lowest BCUT2D eigenvalue weighted by Crippen LogP contribution is -2.22. The van der Waals surface area contributed by atoms with Crippen LogP contribution in [-0.4, -0.2) is 17.5 Å². The summed E-state index contributed by atoms with van der Waals surface area (Å²) < 4.78 is 11.4. The van der Waals surface area contributed by atoms with E-state index < -0.39 is 0 Å². The highest BCUT2D eigenvalue weighted by atomic mass is 16.5. The van der Waals surface area contributed by atoms with Gasteiger partial charge in [-0.2, -0.15) is 0 Å². The van der Waals surface area contributed by atoms with Crippen molar-refractivity contribution in [1.82, 2.24) is 10.3 Å². The number of carbonyl (C=O) groups excluding carboxylic acids is 1. The van der Waals surface area contributed by atoms with Gasteiger partial charge < -0.3 is 14.5 Å². The summed E-state index contributed by atoms with van der Waals surface area (Å²) in [7, 11) is 0. The van der Waals surface area contributed by atoms with Gasteiger partial charge in [0, 0.05) is 18.7 Å². The normalized spacial score (nSPS) is 17.2. The van der Waals surface area contributed by atoms with Gasteiger partial charge in [-0.3, -0.25) is 4.79 Å². The summed E-state index contributed by atoms with van der Waals surface area (Å²) >= 11 is 0. The first kappa shape index (κ1) is 14.9. The lowest BCUT2D eigenvalue weighted by atomic mass is 10.2. The second kappa shape index (κ2) is 6.45. The number of oxazole rings is 1. The summed E-state index contributed by atoms with van der Waals surface area (Å²) in [5.41, 5.74) is 2.99. The lowest BCUT2D eigenvalue weighted by Gasteiger charge is -2.05. The molecule has 2 heterocycles. The summed E-state index contributed by atoms with van der Waals surface area (Å²) in [6.45, 7) is 1.24. The van der Waals surface area contributed by atoms with E-state index in [1.54, 1.807) is 12.1 Å². The summed E-state index contributed by atoms with van der Waals surface area (Å²) in [6, 6.07) is 15.1. The van der Waals surface area contributed by atoms with Crippen LogP contribution >= 0.6 is 0 Å². The second-order valence-corrected chi connectivity index (χ2v) is 5.90. The van der Waals surface area contributed by atoms with Crippen LogP contribution in [0.3, 0.4) is 0 Å². The number of nitrogens with zero attached hydrogens (tertiary/aromatic N) is 1. The van der Waals surface area contributed by atoms with Crippen LogP contribution in [-0.2, 0) is 11.3 Å². The van der Waals surface area contributed by atoms with E-state index in [0.29, 0.717) is 23.6 Å². The number of amides is 1. The highest BCUT2D eigenvalue weighted by Crippen LogP contribution is 2.30. The molecule has 1 amide bonds. The molecule has 4 rings (SSSR count). The Balaban J connectivity index is 1.50. The fraction of sp³-hybridized carbons (Fsp3) is 0.263. The van der Waals surface area contributed by atoms with Crippen LogP contribution in [0.5, 0.6) is 0 Å². The van der Waals surface area contributed by atoms with Crippen molar-refractivity contribution in [2.45, 2.75) is 25.5 Å². The number of rotatable bonds is 4. The third-order valence-electron chi connectivity index (χ3n) is 4.17. The van der Waals surface area contributed by atoms with Crippen molar-refractivity contribution >= 4 is 17.0 Å². The molecule has 3 aromatic rings. The zero-order valence-electron chi connectivity index (χ0n) is 13.2. The standard InChI is InChI=1S/C19H18N2O3/c22-18(20-12-13-5-2-1-3-6-13)14-8-9-15-17(11-14)24-19(21-15)16-7-4-10-23-16/h1-3,5-6,8-9,11,16H,4,7,10,12H2,(H,20,22). The topological polar surface area (TPSA) is 64.4 Å². The fourth-order valence-electron chi connectivity index (χ4n) is 2.87. The van der Waals surface area contributed by atoms with Crippen molar-refractivity contribution < 1.29 is 13.9 Å². The van der Waals surface area contributed by atoms with Gasteiger partial charge in [0.15, 0.2) is 5.58 Å². The minimum absolute atomic E-state index is 0.0623. The molecule has 1 aliphatic rings. The molecule has 0 saturated carbocycles. The van der Waals surface area contributed by atoms with Gasteiger partial charge in [0.25, 0.3) is 5.91 Å². The smallest absolute Gasteiger partial charge is 0.251 e. The maximum Gasteiger partial charge on any atom is 0.251 e. The molecule has 5 nitrogen and oxygen atoms in total. The first-order valence-electron chi connectivity index (χ1n) is 8.14. The van der Waals surface area contributed by atoms with E-state index in [-0.39, 0.29) is 12.0 Å². The molecule has 1 aliphatic heterocycles. The molecule has 1 aromatic heterocycles. The van der Waals surface area contributed by atoms with Crippen LogP contribution in [0, 0.1) is 0 Å². The number of benzene rings is 2. The Kier molecular flexibility index (Phi) is 4.01. The number of hydrogen-bond donors (Lipinski definition) is 1. The SMILES string of the molecule is O=C(NCc1ccccc1)c1ccc2nc(C3CCCO3)oc2c1. The maximum atomic E-state index is 12.3. The molecule has 1 fully saturated rings. The minimum atomic E-state index is -0.129. The van der Waals surface area contributed by atoms with Gasteiger partial charge >= 0.3 is 0 Å². The number of aromatic nitrogens is 1. The number of carbonyl (C=O) groups is 1. The molecule has 0 bridgehead atoms. The van der Waals surface area contributed by atoms with E-state index in [9.17, 15) is 4.79 Å². The molecule has 2 aromatic carbocycles. The van der Waals surface area contributed by atoms with Crippen LogP contribution < -0.4 is 5.32 Å². The predicted octanol–water partition coefficient (Wildman–Crippen LogP) is 3.61. The Morgan fingerprint density at radius 1 is 1.21 bits per heavy atom. The quantitative estimate of drug-likeness (QED) is 0.797. The highest BCUT2D eigenvalue weighted by molar-refractivity contribution is 5.96. The Morgan fingerprint density at radius 3 is 2.88 bits per heavy atom. The van der Waals surface area contributed by atoms with Gasteiger partial charge in [0.1, 0.15) is 11.6 Å². The van der Waals surface area contributed by atoms with E-state index in [1.165, 1.54) is 0 Å². The molecular weight excluding hydrogens is 304 g/mol. The van der Waals surface area contributed by atoms with Crippen molar-refractivity contribution in [2.75, 3.05) is 6.61 Å². The van der Waals surface area contributed by atoms with Gasteiger partial charge in [0.2, 0.25) is 5.89 Å². The largest absolute Gasteiger partial charge is 0.438 e. The summed E-state index contributed by atoms with van der Waals surface area (Å²) in [6.07, 6.45) is 1.89. The molecule has 122 valence electrons. The van der Waals surface area contributed by atoms with Gasteiger partial charge in [-0.05, 0) is 36.6 Å². The lowest BCUT2D eigenvalue weighted by molar-refractivity contribution is 0.0907. The summed E-state index contributed by atoms with van der Waals surface area (Å²) in [4.78, 5) is 16.8. The first-order valence-corrected chi connectivity index (χ1v) is 8.14. The van der Waals surface area contributed by atoms with E-state index >= 15 is 0 Å². The van der Waals surface area contributed by atoms with Gasteiger partial charge in [-0.1, -0.05) is 30.3 Å². The van der Waals surface area contributed by atoms with E-state index in [1.807, 2.05) is 36.4 Å². The third kappa shape index (κ3) is 3.03. The Hall–Kier alpha value is -2.66. The summed E-state index contributed by atoms with van der Waals surface area (Å²) in [5.74, 6) is 0.472. The van der Waals surface area contributed by atoms with Crippen molar-refractivity contribution in [3.05, 3.63) is 65.5 Å². The molecule has 24 heavy (non-hydrogen) atoms. The molecule has 5 heteroatoms. The number of nitrogens with one attached hydrogen (secondary N) is 1. The first-order chi connectivity index (χ1) is 11.8.